The van der Waals surface area contributed by atoms with E-state index in [1.54, 1.807) is 13.2 Å². The third kappa shape index (κ3) is 1.75. The molecule has 0 saturated heterocycles. The number of isocyanates is 1. The predicted octanol–water partition coefficient (Wildman–Crippen LogP) is 3.34. The van der Waals surface area contributed by atoms with Gasteiger partial charge in [0.1, 0.15) is 5.75 Å². The molecule has 1 aromatic rings. The highest BCUT2D eigenvalue weighted by Gasteiger charge is 2.41. The van der Waals surface area contributed by atoms with Gasteiger partial charge in [0.25, 0.3) is 0 Å². The first-order valence-electron chi connectivity index (χ1n) is 6.30. The Balaban J connectivity index is 2.64. The largest absolute Gasteiger partial charge is 0.496 e. The predicted molar refractivity (Wildman–Crippen MR) is 70.9 cm³/mol. The minimum absolute atomic E-state index is 0.326. The number of aryl methyl sites for hydroxylation is 1. The molecule has 0 radical (unpaired) electrons. The molecule has 1 fully saturated rings. The van der Waals surface area contributed by atoms with Crippen molar-refractivity contribution in [1.82, 2.24) is 0 Å². The monoisotopic (exact) mass is 245 g/mol. The molecular weight excluding hydrogens is 226 g/mol. The highest BCUT2D eigenvalue weighted by Crippen LogP contribution is 2.48. The molecule has 1 saturated carbocycles. The molecule has 0 aromatic heterocycles. The molecule has 1 aromatic carbocycles. The molecule has 18 heavy (non-hydrogen) atoms. The molecule has 0 bridgehead atoms. The average molecular weight is 245 g/mol. The van der Waals surface area contributed by atoms with Gasteiger partial charge in [-0.2, -0.15) is 4.99 Å². The summed E-state index contributed by atoms with van der Waals surface area (Å²) in [5, 5.41) is 0. The number of methoxy groups -OCH3 is 1. The first kappa shape index (κ1) is 12.8. The summed E-state index contributed by atoms with van der Waals surface area (Å²) in [6.07, 6.45) is 4.76. The lowest BCUT2D eigenvalue weighted by Gasteiger charge is -2.39. The molecular formula is C15H19NO2. The van der Waals surface area contributed by atoms with E-state index in [0.29, 0.717) is 0 Å². The Hall–Kier alpha value is -1.60. The van der Waals surface area contributed by atoms with Gasteiger partial charge in [-0.1, -0.05) is 0 Å². The Morgan fingerprint density at radius 3 is 2.39 bits per heavy atom. The Bertz CT molecular complexity index is 524. The highest BCUT2D eigenvalue weighted by molar-refractivity contribution is 5.53. The number of hydrogen-bond donors (Lipinski definition) is 0. The molecule has 1 aliphatic carbocycles. The van der Waals surface area contributed by atoms with Crippen LogP contribution in [0.1, 0.15) is 41.5 Å². The van der Waals surface area contributed by atoms with E-state index in [9.17, 15) is 4.79 Å². The lowest BCUT2D eigenvalue weighted by Crippen LogP contribution is -2.33. The maximum Gasteiger partial charge on any atom is 0.235 e. The van der Waals surface area contributed by atoms with E-state index in [2.05, 4.69) is 18.8 Å². The van der Waals surface area contributed by atoms with Gasteiger partial charge in [0.2, 0.25) is 6.08 Å². The van der Waals surface area contributed by atoms with Crippen molar-refractivity contribution in [2.45, 2.75) is 45.6 Å². The van der Waals surface area contributed by atoms with E-state index in [-0.39, 0.29) is 5.54 Å². The van der Waals surface area contributed by atoms with Gasteiger partial charge in [0, 0.05) is 0 Å². The Morgan fingerprint density at radius 2 is 1.94 bits per heavy atom. The zero-order valence-electron chi connectivity index (χ0n) is 11.5. The number of aliphatic imine (C=N–C) groups is 1. The molecule has 96 valence electrons. The quantitative estimate of drug-likeness (QED) is 0.605. The van der Waals surface area contributed by atoms with Crippen LogP contribution in [-0.4, -0.2) is 13.2 Å². The van der Waals surface area contributed by atoms with Crippen molar-refractivity contribution < 1.29 is 9.53 Å². The molecule has 0 unspecified atom stereocenters. The van der Waals surface area contributed by atoms with Crippen LogP contribution < -0.4 is 4.74 Å². The van der Waals surface area contributed by atoms with Crippen molar-refractivity contribution in [2.24, 2.45) is 4.99 Å². The van der Waals surface area contributed by atoms with E-state index in [1.807, 2.05) is 13.0 Å². The van der Waals surface area contributed by atoms with Crippen LogP contribution in [-0.2, 0) is 10.3 Å². The zero-order valence-corrected chi connectivity index (χ0v) is 11.5. The van der Waals surface area contributed by atoms with Gasteiger partial charge in [-0.3, -0.25) is 0 Å². The van der Waals surface area contributed by atoms with E-state index in [1.165, 1.54) is 11.1 Å². The summed E-state index contributed by atoms with van der Waals surface area (Å²) >= 11 is 0. The van der Waals surface area contributed by atoms with Crippen LogP contribution in [0.25, 0.3) is 0 Å². The molecule has 0 N–H and O–H groups in total. The third-order valence-corrected chi connectivity index (χ3v) is 4.17. The van der Waals surface area contributed by atoms with Gasteiger partial charge >= 0.3 is 0 Å². The van der Waals surface area contributed by atoms with Crippen molar-refractivity contribution in [3.8, 4) is 5.75 Å². The summed E-state index contributed by atoms with van der Waals surface area (Å²) in [6, 6.07) is 2.04. The fraction of sp³-hybridized carbons (Fsp3) is 0.533. The normalized spacial score (nSPS) is 16.7. The van der Waals surface area contributed by atoms with Gasteiger partial charge in [0.15, 0.2) is 0 Å². The number of hydrogen-bond acceptors (Lipinski definition) is 3. The molecule has 0 amide bonds. The number of carbonyl (C=O) groups excluding carboxylic acids is 1. The Morgan fingerprint density at radius 1 is 1.28 bits per heavy atom. The van der Waals surface area contributed by atoms with Crippen molar-refractivity contribution >= 4 is 6.08 Å². The van der Waals surface area contributed by atoms with Gasteiger partial charge in [-0.25, -0.2) is 4.79 Å². The van der Waals surface area contributed by atoms with Crippen LogP contribution in [0, 0.1) is 20.8 Å². The van der Waals surface area contributed by atoms with E-state index in [0.717, 1.165) is 36.1 Å². The standard InChI is InChI=1S/C15H19NO2/c1-10-8-13(18-4)11(2)12(3)14(10)15(16-9-17)6-5-7-15/h8H,5-7H2,1-4H3. The van der Waals surface area contributed by atoms with Crippen LogP contribution in [0.2, 0.25) is 0 Å². The summed E-state index contributed by atoms with van der Waals surface area (Å²) in [4.78, 5) is 14.8. The maximum absolute atomic E-state index is 10.7. The van der Waals surface area contributed by atoms with Gasteiger partial charge < -0.3 is 4.74 Å². The van der Waals surface area contributed by atoms with Crippen LogP contribution in [0.5, 0.6) is 5.75 Å². The molecule has 0 aliphatic heterocycles. The summed E-state index contributed by atoms with van der Waals surface area (Å²) in [5.41, 5.74) is 4.33. The van der Waals surface area contributed by atoms with E-state index >= 15 is 0 Å². The van der Waals surface area contributed by atoms with Gasteiger partial charge in [0.05, 0.1) is 12.6 Å². The van der Waals surface area contributed by atoms with E-state index < -0.39 is 0 Å². The fourth-order valence-electron chi connectivity index (χ4n) is 2.99. The second-order valence-corrected chi connectivity index (χ2v) is 5.11. The molecule has 3 heteroatoms. The smallest absolute Gasteiger partial charge is 0.235 e. The lowest BCUT2D eigenvalue weighted by atomic mass is 9.69. The Kier molecular flexibility index (Phi) is 3.27. The van der Waals surface area contributed by atoms with Crippen LogP contribution >= 0.6 is 0 Å². The minimum atomic E-state index is -0.326. The number of nitrogens with zero attached hydrogens (tertiary/aromatic N) is 1. The van der Waals surface area contributed by atoms with Crippen LogP contribution in [0.15, 0.2) is 11.1 Å². The van der Waals surface area contributed by atoms with Crippen molar-refractivity contribution in [1.29, 1.82) is 0 Å². The van der Waals surface area contributed by atoms with Crippen molar-refractivity contribution in [2.75, 3.05) is 7.11 Å². The van der Waals surface area contributed by atoms with Gasteiger partial charge in [-0.05, 0) is 68.4 Å². The molecule has 0 spiro atoms. The molecule has 2 rings (SSSR count). The number of rotatable bonds is 3. The summed E-state index contributed by atoms with van der Waals surface area (Å²) in [6.45, 7) is 6.19. The molecule has 0 atom stereocenters. The number of benzene rings is 1. The van der Waals surface area contributed by atoms with E-state index in [4.69, 9.17) is 4.74 Å². The van der Waals surface area contributed by atoms with Gasteiger partial charge in [-0.15, -0.1) is 0 Å². The molecule has 1 aliphatic rings. The lowest BCUT2D eigenvalue weighted by molar-refractivity contribution is 0.253. The first-order chi connectivity index (χ1) is 8.55. The van der Waals surface area contributed by atoms with Crippen molar-refractivity contribution in [3.05, 3.63) is 28.3 Å². The SMILES string of the molecule is COc1cc(C)c(C2(N=C=O)CCC2)c(C)c1C. The fourth-order valence-corrected chi connectivity index (χ4v) is 2.99. The number of ether oxygens (including phenoxy) is 1. The molecule has 0 heterocycles. The second-order valence-electron chi connectivity index (χ2n) is 5.11. The van der Waals surface area contributed by atoms with Crippen molar-refractivity contribution in [3.63, 3.8) is 0 Å². The first-order valence-corrected chi connectivity index (χ1v) is 6.30. The molecule has 3 nitrogen and oxygen atoms in total. The average Bonchev–Trinajstić information content (AvgIpc) is 2.30. The topological polar surface area (TPSA) is 38.7 Å². The third-order valence-electron chi connectivity index (χ3n) is 4.17. The maximum atomic E-state index is 10.7. The summed E-state index contributed by atoms with van der Waals surface area (Å²) in [5.74, 6) is 0.901. The minimum Gasteiger partial charge on any atom is -0.496 e. The summed E-state index contributed by atoms with van der Waals surface area (Å²) < 4.78 is 5.38. The van der Waals surface area contributed by atoms with Crippen LogP contribution in [0.4, 0.5) is 0 Å². The van der Waals surface area contributed by atoms with Crippen LogP contribution in [0.3, 0.4) is 0 Å². The Labute approximate surface area is 108 Å². The second kappa shape index (κ2) is 4.58. The highest BCUT2D eigenvalue weighted by atomic mass is 16.5. The zero-order chi connectivity index (χ0) is 13.3. The summed E-state index contributed by atoms with van der Waals surface area (Å²) in [7, 11) is 1.68.